The summed E-state index contributed by atoms with van der Waals surface area (Å²) in [4.78, 5) is 16.7. The van der Waals surface area contributed by atoms with E-state index < -0.39 is 5.60 Å². The molecule has 0 saturated heterocycles. The van der Waals surface area contributed by atoms with Crippen LogP contribution in [-0.2, 0) is 16.7 Å². The van der Waals surface area contributed by atoms with Crippen molar-refractivity contribution < 1.29 is 9.53 Å². The zero-order valence-corrected chi connectivity index (χ0v) is 17.9. The normalized spacial score (nSPS) is 13.0. The van der Waals surface area contributed by atoms with E-state index in [9.17, 15) is 4.79 Å². The summed E-state index contributed by atoms with van der Waals surface area (Å²) in [6.45, 7) is 17.6. The molecule has 0 unspecified atom stereocenters. The van der Waals surface area contributed by atoms with Crippen LogP contribution in [0.5, 0.6) is 0 Å². The van der Waals surface area contributed by atoms with Gasteiger partial charge in [0.25, 0.3) is 0 Å². The zero-order chi connectivity index (χ0) is 19.3. The number of aromatic nitrogens is 1. The Morgan fingerprint density at radius 1 is 1.16 bits per heavy atom. The second-order valence-electron chi connectivity index (χ2n) is 8.59. The average molecular weight is 370 g/mol. The summed E-state index contributed by atoms with van der Waals surface area (Å²) in [5.41, 5.74) is 0.483. The Morgan fingerprint density at radius 2 is 1.76 bits per heavy atom. The summed E-state index contributed by atoms with van der Waals surface area (Å²) in [7, 11) is 0. The highest BCUT2D eigenvalue weighted by Crippen LogP contribution is 2.26. The highest BCUT2D eigenvalue weighted by atomic mass is 32.1. The van der Waals surface area contributed by atoms with Crippen molar-refractivity contribution in [3.63, 3.8) is 0 Å². The number of alkyl carbamates (subject to hydrolysis) is 1. The van der Waals surface area contributed by atoms with Gasteiger partial charge in [-0.3, -0.25) is 0 Å². The number of ether oxygens (including phenoxy) is 1. The molecule has 1 amide bonds. The fourth-order valence-electron chi connectivity index (χ4n) is 2.38. The molecule has 0 aliphatic heterocycles. The molecule has 5 nitrogen and oxygen atoms in total. The molecule has 0 fully saturated rings. The van der Waals surface area contributed by atoms with Gasteiger partial charge in [0, 0.05) is 29.4 Å². The largest absolute Gasteiger partial charge is 0.444 e. The highest BCUT2D eigenvalue weighted by Gasteiger charge is 2.28. The van der Waals surface area contributed by atoms with E-state index in [1.807, 2.05) is 20.8 Å². The fourth-order valence-corrected chi connectivity index (χ4v) is 3.29. The van der Waals surface area contributed by atoms with E-state index in [1.54, 1.807) is 11.3 Å². The number of nitrogens with one attached hydrogen (secondary N) is 2. The Hall–Kier alpha value is -1.14. The molecule has 0 saturated carbocycles. The first-order valence-electron chi connectivity index (χ1n) is 9.07. The summed E-state index contributed by atoms with van der Waals surface area (Å²) in [5, 5.41) is 9.78. The molecule has 0 atom stereocenters. The minimum atomic E-state index is -0.484. The molecule has 0 spiro atoms. The van der Waals surface area contributed by atoms with Crippen LogP contribution in [0, 0.1) is 0 Å². The van der Waals surface area contributed by atoms with E-state index in [-0.39, 0.29) is 17.0 Å². The molecule has 0 aliphatic rings. The molecule has 6 heteroatoms. The summed E-state index contributed by atoms with van der Waals surface area (Å²) in [5.74, 6) is 0. The molecule has 0 bridgehead atoms. The van der Waals surface area contributed by atoms with E-state index in [2.05, 4.69) is 50.6 Å². The van der Waals surface area contributed by atoms with Gasteiger partial charge >= 0.3 is 6.09 Å². The first kappa shape index (κ1) is 21.9. The first-order valence-corrected chi connectivity index (χ1v) is 9.95. The maximum Gasteiger partial charge on any atom is 0.407 e. The van der Waals surface area contributed by atoms with E-state index in [4.69, 9.17) is 9.72 Å². The fraction of sp³-hybridized carbons (Fsp3) is 0.789. The Labute approximate surface area is 157 Å². The lowest BCUT2D eigenvalue weighted by Gasteiger charge is -2.33. The van der Waals surface area contributed by atoms with Gasteiger partial charge in [-0.1, -0.05) is 34.6 Å². The summed E-state index contributed by atoms with van der Waals surface area (Å²) < 4.78 is 5.34. The van der Waals surface area contributed by atoms with Crippen LogP contribution in [0.4, 0.5) is 4.79 Å². The van der Waals surface area contributed by atoms with Crippen molar-refractivity contribution in [1.82, 2.24) is 15.6 Å². The maximum absolute atomic E-state index is 12.0. The second-order valence-corrected chi connectivity index (χ2v) is 9.45. The molecule has 1 heterocycles. The van der Waals surface area contributed by atoms with Crippen LogP contribution in [0.1, 0.15) is 78.9 Å². The number of hydrogen-bond donors (Lipinski definition) is 2. The van der Waals surface area contributed by atoms with E-state index in [0.717, 1.165) is 23.5 Å². The average Bonchev–Trinajstić information content (AvgIpc) is 2.95. The van der Waals surface area contributed by atoms with Gasteiger partial charge in [-0.2, -0.15) is 0 Å². The van der Waals surface area contributed by atoms with Gasteiger partial charge in [0.1, 0.15) is 5.60 Å². The number of thiazole rings is 1. The Morgan fingerprint density at radius 3 is 2.20 bits per heavy atom. The number of amides is 1. The van der Waals surface area contributed by atoms with Crippen LogP contribution < -0.4 is 10.6 Å². The van der Waals surface area contributed by atoms with Crippen LogP contribution in [-0.4, -0.2) is 28.8 Å². The third kappa shape index (κ3) is 7.32. The van der Waals surface area contributed by atoms with Gasteiger partial charge in [-0.15, -0.1) is 11.3 Å². The molecule has 144 valence electrons. The van der Waals surface area contributed by atoms with Crippen molar-refractivity contribution in [2.45, 2.75) is 91.3 Å². The SMILES string of the molecule is CCC(CC)(CNC(=O)OC(C)(C)C)NCc1csc(C(C)(C)C)n1. The second kappa shape index (κ2) is 8.49. The number of hydrogen-bond acceptors (Lipinski definition) is 5. The smallest absolute Gasteiger partial charge is 0.407 e. The van der Waals surface area contributed by atoms with Crippen molar-refractivity contribution >= 4 is 17.4 Å². The minimum Gasteiger partial charge on any atom is -0.444 e. The molecule has 1 aromatic heterocycles. The van der Waals surface area contributed by atoms with E-state index in [0.29, 0.717) is 13.1 Å². The number of carbonyl (C=O) groups is 1. The summed E-state index contributed by atoms with van der Waals surface area (Å²) in [6, 6.07) is 0. The van der Waals surface area contributed by atoms with Gasteiger partial charge < -0.3 is 15.4 Å². The van der Waals surface area contributed by atoms with E-state index in [1.165, 1.54) is 0 Å². The summed E-state index contributed by atoms with van der Waals surface area (Å²) in [6.07, 6.45) is 1.45. The van der Waals surface area contributed by atoms with Crippen molar-refractivity contribution in [2.75, 3.05) is 6.54 Å². The number of rotatable bonds is 7. The van der Waals surface area contributed by atoms with Gasteiger partial charge in [0.05, 0.1) is 10.7 Å². The monoisotopic (exact) mass is 369 g/mol. The third-order valence-corrected chi connectivity index (χ3v) is 5.48. The molecular weight excluding hydrogens is 334 g/mol. The molecule has 0 aromatic carbocycles. The molecule has 1 rings (SSSR count). The van der Waals surface area contributed by atoms with Crippen molar-refractivity contribution in [2.24, 2.45) is 0 Å². The van der Waals surface area contributed by atoms with Crippen LogP contribution in [0.25, 0.3) is 0 Å². The van der Waals surface area contributed by atoms with Gasteiger partial charge in [-0.05, 0) is 33.6 Å². The van der Waals surface area contributed by atoms with Gasteiger partial charge in [0.2, 0.25) is 0 Å². The zero-order valence-electron chi connectivity index (χ0n) is 17.1. The predicted octanol–water partition coefficient (Wildman–Crippen LogP) is 4.61. The Kier molecular flexibility index (Phi) is 7.44. The number of carbonyl (C=O) groups excluding carboxylic acids is 1. The predicted molar refractivity (Wildman–Crippen MR) is 105 cm³/mol. The minimum absolute atomic E-state index is 0.0772. The Bertz CT molecular complexity index is 552. The van der Waals surface area contributed by atoms with E-state index >= 15 is 0 Å². The molecule has 2 N–H and O–H groups in total. The van der Waals surface area contributed by atoms with Crippen LogP contribution in [0.3, 0.4) is 0 Å². The van der Waals surface area contributed by atoms with Crippen LogP contribution in [0.15, 0.2) is 5.38 Å². The van der Waals surface area contributed by atoms with Crippen LogP contribution in [0.2, 0.25) is 0 Å². The first-order chi connectivity index (χ1) is 11.4. The summed E-state index contributed by atoms with van der Waals surface area (Å²) >= 11 is 1.71. The Balaban J connectivity index is 2.66. The van der Waals surface area contributed by atoms with Crippen molar-refractivity contribution in [3.8, 4) is 0 Å². The van der Waals surface area contributed by atoms with Crippen molar-refractivity contribution in [1.29, 1.82) is 0 Å². The molecule has 25 heavy (non-hydrogen) atoms. The van der Waals surface area contributed by atoms with Gasteiger partial charge in [0.15, 0.2) is 0 Å². The maximum atomic E-state index is 12.0. The molecule has 0 radical (unpaired) electrons. The molecular formula is C19H35N3O2S. The topological polar surface area (TPSA) is 63.2 Å². The lowest BCUT2D eigenvalue weighted by atomic mass is 9.92. The quantitative estimate of drug-likeness (QED) is 0.736. The van der Waals surface area contributed by atoms with Crippen molar-refractivity contribution in [3.05, 3.63) is 16.1 Å². The van der Waals surface area contributed by atoms with Gasteiger partial charge in [-0.25, -0.2) is 9.78 Å². The van der Waals surface area contributed by atoms with Crippen LogP contribution >= 0.6 is 11.3 Å². The molecule has 0 aliphatic carbocycles. The lowest BCUT2D eigenvalue weighted by molar-refractivity contribution is 0.0507. The third-order valence-electron chi connectivity index (χ3n) is 4.16. The highest BCUT2D eigenvalue weighted by molar-refractivity contribution is 7.09. The standard InChI is InChI=1S/C19H35N3O2S/c1-9-19(10-2,13-20-16(23)24-18(6,7)8)21-11-14-12-25-15(22-14)17(3,4)5/h12,21H,9-11,13H2,1-8H3,(H,20,23). The molecule has 1 aromatic rings. The lowest BCUT2D eigenvalue weighted by Crippen LogP contribution is -2.53. The number of nitrogens with zero attached hydrogens (tertiary/aromatic N) is 1.